The SMILES string of the molecule is c1ccc2c(-c3ncno3)ccnc2c1. The average molecular weight is 197 g/mol. The van der Waals surface area contributed by atoms with Crippen LogP contribution in [0.3, 0.4) is 0 Å². The van der Waals surface area contributed by atoms with Crippen LogP contribution < -0.4 is 0 Å². The summed E-state index contributed by atoms with van der Waals surface area (Å²) >= 11 is 0. The van der Waals surface area contributed by atoms with Gasteiger partial charge in [0.25, 0.3) is 5.89 Å². The van der Waals surface area contributed by atoms with E-state index in [0.717, 1.165) is 16.5 Å². The van der Waals surface area contributed by atoms with Gasteiger partial charge >= 0.3 is 0 Å². The van der Waals surface area contributed by atoms with Crippen LogP contribution in [0.4, 0.5) is 0 Å². The Hall–Kier alpha value is -2.23. The van der Waals surface area contributed by atoms with E-state index in [1.165, 1.54) is 6.33 Å². The molecule has 3 aromatic rings. The maximum atomic E-state index is 5.04. The monoisotopic (exact) mass is 197 g/mol. The van der Waals surface area contributed by atoms with Crippen LogP contribution in [0, 0.1) is 0 Å². The van der Waals surface area contributed by atoms with Gasteiger partial charge in [-0.1, -0.05) is 23.4 Å². The number of pyridine rings is 1. The number of hydrogen-bond donors (Lipinski definition) is 0. The standard InChI is InChI=1S/C11H7N3O/c1-2-4-10-8(3-1)9(5-6-12-10)11-13-7-14-15-11/h1-7H. The van der Waals surface area contributed by atoms with Crippen molar-refractivity contribution in [2.75, 3.05) is 0 Å². The van der Waals surface area contributed by atoms with E-state index in [4.69, 9.17) is 4.52 Å². The van der Waals surface area contributed by atoms with Gasteiger partial charge in [-0.05, 0) is 12.1 Å². The lowest BCUT2D eigenvalue weighted by Crippen LogP contribution is -1.83. The molecule has 15 heavy (non-hydrogen) atoms. The van der Waals surface area contributed by atoms with Gasteiger partial charge in [0.05, 0.1) is 11.1 Å². The Kier molecular flexibility index (Phi) is 1.71. The maximum Gasteiger partial charge on any atom is 0.258 e. The second-order valence-electron chi connectivity index (χ2n) is 3.12. The third kappa shape index (κ3) is 1.27. The van der Waals surface area contributed by atoms with Crippen LogP contribution in [0.5, 0.6) is 0 Å². The van der Waals surface area contributed by atoms with Crippen LogP contribution in [-0.4, -0.2) is 15.1 Å². The fraction of sp³-hybridized carbons (Fsp3) is 0. The van der Waals surface area contributed by atoms with Crippen molar-refractivity contribution in [2.24, 2.45) is 0 Å². The Morgan fingerprint density at radius 1 is 1.00 bits per heavy atom. The smallest absolute Gasteiger partial charge is 0.258 e. The van der Waals surface area contributed by atoms with Crippen molar-refractivity contribution in [3.8, 4) is 11.5 Å². The van der Waals surface area contributed by atoms with Gasteiger partial charge in [-0.15, -0.1) is 0 Å². The summed E-state index contributed by atoms with van der Waals surface area (Å²) in [6.45, 7) is 0. The van der Waals surface area contributed by atoms with E-state index >= 15 is 0 Å². The zero-order valence-electron chi connectivity index (χ0n) is 7.79. The van der Waals surface area contributed by atoms with Crippen molar-refractivity contribution in [3.05, 3.63) is 42.9 Å². The molecular formula is C11H7N3O. The minimum Gasteiger partial charge on any atom is -0.334 e. The molecule has 0 N–H and O–H groups in total. The van der Waals surface area contributed by atoms with Crippen molar-refractivity contribution < 1.29 is 4.52 Å². The average Bonchev–Trinajstić information content (AvgIpc) is 2.82. The summed E-state index contributed by atoms with van der Waals surface area (Å²) in [6.07, 6.45) is 3.13. The van der Waals surface area contributed by atoms with E-state index in [0.29, 0.717) is 5.89 Å². The van der Waals surface area contributed by atoms with E-state index in [9.17, 15) is 0 Å². The summed E-state index contributed by atoms with van der Waals surface area (Å²) in [5, 5.41) is 4.62. The molecule has 4 heteroatoms. The zero-order valence-corrected chi connectivity index (χ0v) is 7.79. The van der Waals surface area contributed by atoms with Crippen molar-refractivity contribution in [1.82, 2.24) is 15.1 Å². The first-order valence-electron chi connectivity index (χ1n) is 4.56. The molecule has 72 valence electrons. The van der Waals surface area contributed by atoms with Gasteiger partial charge < -0.3 is 4.52 Å². The van der Waals surface area contributed by atoms with Gasteiger partial charge in [0.2, 0.25) is 0 Å². The van der Waals surface area contributed by atoms with Crippen molar-refractivity contribution in [2.45, 2.75) is 0 Å². The van der Waals surface area contributed by atoms with Gasteiger partial charge in [0.15, 0.2) is 6.33 Å². The first kappa shape index (κ1) is 8.11. The van der Waals surface area contributed by atoms with E-state index < -0.39 is 0 Å². The van der Waals surface area contributed by atoms with Gasteiger partial charge in [-0.2, -0.15) is 4.98 Å². The molecule has 2 aromatic heterocycles. The van der Waals surface area contributed by atoms with Crippen LogP contribution >= 0.6 is 0 Å². The fourth-order valence-corrected chi connectivity index (χ4v) is 1.57. The predicted molar refractivity (Wildman–Crippen MR) is 55.0 cm³/mol. The molecule has 0 unspecified atom stereocenters. The minimum absolute atomic E-state index is 0.522. The molecule has 4 nitrogen and oxygen atoms in total. The molecule has 0 saturated carbocycles. The molecule has 0 radical (unpaired) electrons. The highest BCUT2D eigenvalue weighted by molar-refractivity contribution is 5.91. The van der Waals surface area contributed by atoms with Crippen LogP contribution in [0.2, 0.25) is 0 Å². The topological polar surface area (TPSA) is 51.8 Å². The van der Waals surface area contributed by atoms with Crippen molar-refractivity contribution in [3.63, 3.8) is 0 Å². The Morgan fingerprint density at radius 2 is 1.93 bits per heavy atom. The third-order valence-electron chi connectivity index (χ3n) is 2.24. The molecule has 0 saturated heterocycles. The predicted octanol–water partition coefficient (Wildman–Crippen LogP) is 2.28. The molecule has 0 spiro atoms. The lowest BCUT2D eigenvalue weighted by molar-refractivity contribution is 0.430. The Labute approximate surface area is 85.6 Å². The molecular weight excluding hydrogens is 190 g/mol. The molecule has 1 aromatic carbocycles. The molecule has 0 aliphatic carbocycles. The number of fused-ring (bicyclic) bond motifs is 1. The summed E-state index contributed by atoms with van der Waals surface area (Å²) in [6, 6.07) is 9.73. The van der Waals surface area contributed by atoms with E-state index in [1.54, 1.807) is 6.20 Å². The molecule has 0 fully saturated rings. The number of para-hydroxylation sites is 1. The minimum atomic E-state index is 0.522. The first-order valence-corrected chi connectivity index (χ1v) is 4.56. The summed E-state index contributed by atoms with van der Waals surface area (Å²) in [7, 11) is 0. The molecule has 2 heterocycles. The fourth-order valence-electron chi connectivity index (χ4n) is 1.57. The number of hydrogen-bond acceptors (Lipinski definition) is 4. The highest BCUT2D eigenvalue weighted by atomic mass is 16.5. The Morgan fingerprint density at radius 3 is 2.80 bits per heavy atom. The van der Waals surface area contributed by atoms with E-state index in [2.05, 4.69) is 15.1 Å². The van der Waals surface area contributed by atoms with Crippen LogP contribution in [0.25, 0.3) is 22.4 Å². The van der Waals surface area contributed by atoms with Crippen molar-refractivity contribution in [1.29, 1.82) is 0 Å². The Balaban J connectivity index is 2.36. The number of rotatable bonds is 1. The Bertz CT molecular complexity index is 584. The van der Waals surface area contributed by atoms with Crippen molar-refractivity contribution >= 4 is 10.9 Å². The van der Waals surface area contributed by atoms with Crippen LogP contribution in [0.15, 0.2) is 47.4 Å². The molecule has 0 amide bonds. The second kappa shape index (κ2) is 3.16. The largest absolute Gasteiger partial charge is 0.334 e. The summed E-state index contributed by atoms with van der Waals surface area (Å²) in [5.74, 6) is 0.522. The highest BCUT2D eigenvalue weighted by Crippen LogP contribution is 2.24. The van der Waals surface area contributed by atoms with E-state index in [-0.39, 0.29) is 0 Å². The van der Waals surface area contributed by atoms with E-state index in [1.807, 2.05) is 30.3 Å². The zero-order chi connectivity index (χ0) is 10.1. The molecule has 0 aliphatic rings. The normalized spacial score (nSPS) is 10.7. The summed E-state index contributed by atoms with van der Waals surface area (Å²) < 4.78 is 5.04. The first-order chi connectivity index (χ1) is 7.45. The highest BCUT2D eigenvalue weighted by Gasteiger charge is 2.07. The maximum absolute atomic E-state index is 5.04. The van der Waals surface area contributed by atoms with Crippen LogP contribution in [-0.2, 0) is 0 Å². The summed E-state index contributed by atoms with van der Waals surface area (Å²) in [5.41, 5.74) is 1.84. The van der Waals surface area contributed by atoms with Gasteiger partial charge in [0, 0.05) is 11.6 Å². The number of nitrogens with zero attached hydrogens (tertiary/aromatic N) is 3. The number of benzene rings is 1. The van der Waals surface area contributed by atoms with Gasteiger partial charge in [-0.25, -0.2) is 0 Å². The summed E-state index contributed by atoms with van der Waals surface area (Å²) in [4.78, 5) is 8.29. The van der Waals surface area contributed by atoms with Crippen LogP contribution in [0.1, 0.15) is 0 Å². The second-order valence-corrected chi connectivity index (χ2v) is 3.12. The van der Waals surface area contributed by atoms with Gasteiger partial charge in [0.1, 0.15) is 0 Å². The molecule has 3 rings (SSSR count). The third-order valence-corrected chi connectivity index (χ3v) is 2.24. The van der Waals surface area contributed by atoms with Gasteiger partial charge in [-0.3, -0.25) is 4.98 Å². The molecule has 0 bridgehead atoms. The molecule has 0 aliphatic heterocycles. The molecule has 0 atom stereocenters. The lowest BCUT2D eigenvalue weighted by atomic mass is 10.1. The number of aromatic nitrogens is 3. The quantitative estimate of drug-likeness (QED) is 0.600. The lowest BCUT2D eigenvalue weighted by Gasteiger charge is -2.00.